The molecule has 4 heteroatoms. The quantitative estimate of drug-likeness (QED) is 0.778. The molecule has 1 saturated carbocycles. The molecule has 1 aromatic heterocycles. The van der Waals surface area contributed by atoms with Gasteiger partial charge in [-0.3, -0.25) is 4.98 Å². The van der Waals surface area contributed by atoms with Crippen molar-refractivity contribution in [1.29, 1.82) is 0 Å². The van der Waals surface area contributed by atoms with E-state index in [0.29, 0.717) is 12.6 Å². The maximum absolute atomic E-state index is 9.28. The summed E-state index contributed by atoms with van der Waals surface area (Å²) in [5.74, 6) is 0. The summed E-state index contributed by atoms with van der Waals surface area (Å²) < 4.78 is 0. The molecule has 1 aliphatic rings. The molecular weight excluding hydrogens is 204 g/mol. The lowest BCUT2D eigenvalue weighted by Crippen LogP contribution is -2.42. The van der Waals surface area contributed by atoms with Crippen molar-refractivity contribution in [3.63, 3.8) is 0 Å². The molecule has 0 aromatic carbocycles. The fourth-order valence-electron chi connectivity index (χ4n) is 2.13. The van der Waals surface area contributed by atoms with E-state index < -0.39 is 0 Å². The molecule has 1 fully saturated rings. The zero-order valence-electron chi connectivity index (χ0n) is 9.34. The Labute approximate surface area is 95.5 Å². The van der Waals surface area contributed by atoms with E-state index in [4.69, 9.17) is 5.11 Å². The molecule has 1 aromatic rings. The van der Waals surface area contributed by atoms with E-state index in [9.17, 15) is 5.11 Å². The number of anilines is 1. The lowest BCUT2D eigenvalue weighted by Gasteiger charge is -2.39. The summed E-state index contributed by atoms with van der Waals surface area (Å²) in [5, 5.41) is 18.4. The number of hydrogen-bond donors (Lipinski definition) is 2. The molecule has 0 saturated heterocycles. The Morgan fingerprint density at radius 2 is 2.19 bits per heavy atom. The van der Waals surface area contributed by atoms with E-state index in [0.717, 1.165) is 11.3 Å². The topological polar surface area (TPSA) is 56.6 Å². The predicted octanol–water partition coefficient (Wildman–Crippen LogP) is 0.925. The number of nitrogens with zero attached hydrogens (tertiary/aromatic N) is 2. The average Bonchev–Trinajstić information content (AvgIpc) is 2.26. The van der Waals surface area contributed by atoms with Gasteiger partial charge in [0.2, 0.25) is 0 Å². The van der Waals surface area contributed by atoms with Crippen LogP contribution >= 0.6 is 0 Å². The van der Waals surface area contributed by atoms with Gasteiger partial charge in [0.15, 0.2) is 0 Å². The van der Waals surface area contributed by atoms with Crippen LogP contribution in [0.25, 0.3) is 0 Å². The Morgan fingerprint density at radius 1 is 1.38 bits per heavy atom. The van der Waals surface area contributed by atoms with Gasteiger partial charge in [-0.15, -0.1) is 0 Å². The van der Waals surface area contributed by atoms with Gasteiger partial charge in [0.05, 0.1) is 13.2 Å². The third kappa shape index (κ3) is 2.18. The Balaban J connectivity index is 2.22. The van der Waals surface area contributed by atoms with E-state index in [1.807, 2.05) is 6.07 Å². The Kier molecular flexibility index (Phi) is 3.74. The van der Waals surface area contributed by atoms with Gasteiger partial charge in [-0.05, 0) is 25.3 Å². The second-order valence-electron chi connectivity index (χ2n) is 4.16. The summed E-state index contributed by atoms with van der Waals surface area (Å²) >= 11 is 0. The summed E-state index contributed by atoms with van der Waals surface area (Å²) in [5.41, 5.74) is 1.85. The molecule has 0 radical (unpaired) electrons. The largest absolute Gasteiger partial charge is 0.395 e. The van der Waals surface area contributed by atoms with Crippen molar-refractivity contribution in [3.05, 3.63) is 24.0 Å². The van der Waals surface area contributed by atoms with Gasteiger partial charge < -0.3 is 15.1 Å². The number of aliphatic hydroxyl groups excluding tert-OH is 2. The van der Waals surface area contributed by atoms with Crippen LogP contribution in [-0.4, -0.2) is 34.4 Å². The molecule has 88 valence electrons. The zero-order valence-corrected chi connectivity index (χ0v) is 9.34. The van der Waals surface area contributed by atoms with Crippen molar-refractivity contribution >= 4 is 5.69 Å². The van der Waals surface area contributed by atoms with Crippen molar-refractivity contribution in [2.45, 2.75) is 31.9 Å². The van der Waals surface area contributed by atoms with Crippen LogP contribution in [0.15, 0.2) is 18.5 Å². The smallest absolute Gasteiger partial charge is 0.0717 e. The van der Waals surface area contributed by atoms with E-state index in [-0.39, 0.29) is 13.2 Å². The van der Waals surface area contributed by atoms with Crippen LogP contribution in [0, 0.1) is 0 Å². The summed E-state index contributed by atoms with van der Waals surface area (Å²) in [7, 11) is 0. The van der Waals surface area contributed by atoms with Crippen molar-refractivity contribution in [2.75, 3.05) is 18.1 Å². The Hall–Kier alpha value is -1.13. The molecule has 2 N–H and O–H groups in total. The standard InChI is InChI=1S/C12H18N2O2/c15-7-6-14(11-2-1-3-11)12-4-5-13-8-10(12)9-16/h4-5,8,11,15-16H,1-3,6-7,9H2. The fourth-order valence-corrected chi connectivity index (χ4v) is 2.13. The van der Waals surface area contributed by atoms with Crippen molar-refractivity contribution in [3.8, 4) is 0 Å². The molecule has 1 heterocycles. The van der Waals surface area contributed by atoms with E-state index in [2.05, 4.69) is 9.88 Å². The van der Waals surface area contributed by atoms with Gasteiger partial charge in [-0.25, -0.2) is 0 Å². The van der Waals surface area contributed by atoms with Gasteiger partial charge >= 0.3 is 0 Å². The van der Waals surface area contributed by atoms with Gasteiger partial charge in [-0.1, -0.05) is 0 Å². The molecule has 0 bridgehead atoms. The molecule has 0 unspecified atom stereocenters. The normalized spacial score (nSPS) is 15.9. The second kappa shape index (κ2) is 5.27. The van der Waals surface area contributed by atoms with Crippen molar-refractivity contribution in [1.82, 2.24) is 4.98 Å². The summed E-state index contributed by atoms with van der Waals surface area (Å²) in [4.78, 5) is 6.20. The Morgan fingerprint density at radius 3 is 2.75 bits per heavy atom. The summed E-state index contributed by atoms with van der Waals surface area (Å²) in [6.07, 6.45) is 7.03. The Bertz CT molecular complexity index is 340. The van der Waals surface area contributed by atoms with Gasteiger partial charge in [0, 0.05) is 36.2 Å². The molecule has 0 atom stereocenters. The minimum Gasteiger partial charge on any atom is -0.395 e. The highest BCUT2D eigenvalue weighted by molar-refractivity contribution is 5.53. The number of aliphatic hydroxyl groups is 2. The monoisotopic (exact) mass is 222 g/mol. The van der Waals surface area contributed by atoms with Gasteiger partial charge in [0.25, 0.3) is 0 Å². The highest BCUT2D eigenvalue weighted by atomic mass is 16.3. The van der Waals surface area contributed by atoms with Gasteiger partial charge in [-0.2, -0.15) is 0 Å². The third-order valence-electron chi connectivity index (χ3n) is 3.21. The first kappa shape index (κ1) is 11.4. The zero-order chi connectivity index (χ0) is 11.4. The molecule has 0 aliphatic heterocycles. The van der Waals surface area contributed by atoms with E-state index in [1.54, 1.807) is 12.4 Å². The summed E-state index contributed by atoms with van der Waals surface area (Å²) in [6, 6.07) is 2.43. The van der Waals surface area contributed by atoms with Crippen LogP contribution in [0.4, 0.5) is 5.69 Å². The SMILES string of the molecule is OCCN(c1ccncc1CO)C1CCC1. The van der Waals surface area contributed by atoms with Crippen molar-refractivity contribution in [2.24, 2.45) is 0 Å². The van der Waals surface area contributed by atoms with E-state index in [1.165, 1.54) is 19.3 Å². The fraction of sp³-hybridized carbons (Fsp3) is 0.583. The number of aromatic nitrogens is 1. The van der Waals surface area contributed by atoms with Crippen LogP contribution in [0.1, 0.15) is 24.8 Å². The van der Waals surface area contributed by atoms with Crippen molar-refractivity contribution < 1.29 is 10.2 Å². The molecule has 0 amide bonds. The number of pyridine rings is 1. The lowest BCUT2D eigenvalue weighted by atomic mass is 9.90. The highest BCUT2D eigenvalue weighted by Gasteiger charge is 2.25. The molecular formula is C12H18N2O2. The maximum atomic E-state index is 9.28. The van der Waals surface area contributed by atoms with Crippen LogP contribution in [0.5, 0.6) is 0 Å². The maximum Gasteiger partial charge on any atom is 0.0717 e. The van der Waals surface area contributed by atoms with Crippen LogP contribution < -0.4 is 4.90 Å². The first-order valence-corrected chi connectivity index (χ1v) is 5.78. The first-order valence-electron chi connectivity index (χ1n) is 5.78. The first-order chi connectivity index (χ1) is 7.86. The molecule has 4 nitrogen and oxygen atoms in total. The number of rotatable bonds is 5. The minimum absolute atomic E-state index is 0.00216. The van der Waals surface area contributed by atoms with Crippen LogP contribution in [0.3, 0.4) is 0 Å². The van der Waals surface area contributed by atoms with Crippen LogP contribution in [0.2, 0.25) is 0 Å². The highest BCUT2D eigenvalue weighted by Crippen LogP contribution is 2.30. The predicted molar refractivity (Wildman–Crippen MR) is 62.2 cm³/mol. The third-order valence-corrected chi connectivity index (χ3v) is 3.21. The lowest BCUT2D eigenvalue weighted by molar-refractivity contribution is 0.274. The van der Waals surface area contributed by atoms with Crippen LogP contribution in [-0.2, 0) is 6.61 Å². The second-order valence-corrected chi connectivity index (χ2v) is 4.16. The minimum atomic E-state index is -0.00216. The summed E-state index contributed by atoms with van der Waals surface area (Å²) in [6.45, 7) is 0.767. The molecule has 1 aliphatic carbocycles. The molecule has 2 rings (SSSR count). The molecule has 0 spiro atoms. The molecule has 16 heavy (non-hydrogen) atoms. The van der Waals surface area contributed by atoms with Gasteiger partial charge in [0.1, 0.15) is 0 Å². The average molecular weight is 222 g/mol. The van der Waals surface area contributed by atoms with E-state index >= 15 is 0 Å². The number of hydrogen-bond acceptors (Lipinski definition) is 4.